The summed E-state index contributed by atoms with van der Waals surface area (Å²) in [7, 11) is 3.91. The molecule has 136 valence electrons. The molecular formula is C17H25N5O2S. The van der Waals surface area contributed by atoms with Gasteiger partial charge in [0.25, 0.3) is 11.5 Å². The van der Waals surface area contributed by atoms with Gasteiger partial charge in [-0.3, -0.25) is 9.59 Å². The van der Waals surface area contributed by atoms with Crippen LogP contribution in [-0.4, -0.2) is 47.5 Å². The zero-order valence-electron chi connectivity index (χ0n) is 15.1. The van der Waals surface area contributed by atoms with E-state index in [-0.39, 0.29) is 23.1 Å². The minimum absolute atomic E-state index is 0.0207. The van der Waals surface area contributed by atoms with Gasteiger partial charge in [-0.2, -0.15) is 0 Å². The molecule has 1 unspecified atom stereocenters. The molecule has 2 heterocycles. The van der Waals surface area contributed by atoms with E-state index in [0.29, 0.717) is 23.7 Å². The van der Waals surface area contributed by atoms with Crippen LogP contribution in [-0.2, 0) is 6.42 Å². The summed E-state index contributed by atoms with van der Waals surface area (Å²) in [6.07, 6.45) is 2.33. The Labute approximate surface area is 151 Å². The predicted octanol–water partition coefficient (Wildman–Crippen LogP) is 1.29. The second-order valence-electron chi connectivity index (χ2n) is 6.38. The summed E-state index contributed by atoms with van der Waals surface area (Å²) in [6.45, 7) is 4.86. The highest BCUT2D eigenvalue weighted by molar-refractivity contribution is 7.13. The van der Waals surface area contributed by atoms with Crippen LogP contribution in [0.25, 0.3) is 0 Å². The fourth-order valence-corrected chi connectivity index (χ4v) is 3.31. The van der Waals surface area contributed by atoms with Crippen molar-refractivity contribution in [3.8, 4) is 0 Å². The number of carbonyl (C=O) groups is 1. The molecule has 1 amide bonds. The summed E-state index contributed by atoms with van der Waals surface area (Å²) in [5, 5.41) is 5.18. The molecule has 0 aromatic carbocycles. The van der Waals surface area contributed by atoms with Crippen LogP contribution >= 0.6 is 11.3 Å². The lowest BCUT2D eigenvalue weighted by Gasteiger charge is -2.20. The zero-order chi connectivity index (χ0) is 18.6. The van der Waals surface area contributed by atoms with Gasteiger partial charge in [-0.25, -0.2) is 4.98 Å². The molecule has 2 aromatic heterocycles. The highest BCUT2D eigenvalue weighted by Crippen LogP contribution is 2.11. The van der Waals surface area contributed by atoms with Gasteiger partial charge < -0.3 is 20.5 Å². The molecule has 0 aliphatic heterocycles. The maximum Gasteiger partial charge on any atom is 0.263 e. The molecule has 0 fully saturated rings. The Morgan fingerprint density at radius 2 is 2.20 bits per heavy atom. The second-order valence-corrected chi connectivity index (χ2v) is 7.27. The normalized spacial score (nSPS) is 12.4. The van der Waals surface area contributed by atoms with Crippen LogP contribution in [0.1, 0.15) is 34.6 Å². The first-order valence-electron chi connectivity index (χ1n) is 8.14. The summed E-state index contributed by atoms with van der Waals surface area (Å²) in [5.41, 5.74) is 7.05. The van der Waals surface area contributed by atoms with Crippen LogP contribution in [0.15, 0.2) is 22.4 Å². The number of hydrogen-bond donors (Lipinski definition) is 2. The Bertz CT molecular complexity index is 797. The van der Waals surface area contributed by atoms with Crippen LogP contribution in [0.5, 0.6) is 0 Å². The van der Waals surface area contributed by atoms with Crippen molar-refractivity contribution in [2.75, 3.05) is 32.9 Å². The minimum Gasteiger partial charge on any atom is -0.375 e. The third-order valence-electron chi connectivity index (χ3n) is 3.90. The van der Waals surface area contributed by atoms with Crippen molar-refractivity contribution >= 4 is 22.4 Å². The third-order valence-corrected chi connectivity index (χ3v) is 4.62. The predicted molar refractivity (Wildman–Crippen MR) is 101 cm³/mol. The van der Waals surface area contributed by atoms with Crippen molar-refractivity contribution in [3.05, 3.63) is 44.8 Å². The van der Waals surface area contributed by atoms with E-state index in [4.69, 9.17) is 5.73 Å². The van der Waals surface area contributed by atoms with E-state index in [9.17, 15) is 9.59 Å². The first-order chi connectivity index (χ1) is 11.8. The first-order valence-corrected chi connectivity index (χ1v) is 9.02. The van der Waals surface area contributed by atoms with Crippen molar-refractivity contribution in [2.45, 2.75) is 26.3 Å². The van der Waals surface area contributed by atoms with E-state index in [1.165, 1.54) is 11.3 Å². The molecule has 2 aromatic rings. The maximum atomic E-state index is 12.7. The van der Waals surface area contributed by atoms with Gasteiger partial charge in [0, 0.05) is 37.1 Å². The number of aromatic nitrogens is 2. The summed E-state index contributed by atoms with van der Waals surface area (Å²) >= 11 is 1.37. The fraction of sp³-hybridized carbons (Fsp3) is 0.471. The number of anilines is 1. The number of thiazole rings is 1. The fourth-order valence-electron chi connectivity index (χ4n) is 2.71. The number of carbonyl (C=O) groups excluding carboxylic acids is 1. The molecule has 8 heteroatoms. The largest absolute Gasteiger partial charge is 0.375 e. The molecule has 25 heavy (non-hydrogen) atoms. The van der Waals surface area contributed by atoms with Crippen LogP contribution in [0, 0.1) is 6.92 Å². The van der Waals surface area contributed by atoms with Crippen molar-refractivity contribution < 1.29 is 4.79 Å². The molecule has 1 atom stereocenters. The molecule has 0 aliphatic carbocycles. The van der Waals surface area contributed by atoms with Crippen molar-refractivity contribution in [1.29, 1.82) is 0 Å². The molecule has 3 N–H and O–H groups in total. The standard InChI is InChI=1S/C17H25N5O2S/c1-11-6-8-22(12(2)9-21(3)4)16(24)14(11)15(23)19-7-5-13-10-25-17(18)20-13/h6,8,10,12H,5,7,9H2,1-4H3,(H2,18,20)(H,19,23). The van der Waals surface area contributed by atoms with Crippen LogP contribution in [0.4, 0.5) is 5.13 Å². The second kappa shape index (κ2) is 8.26. The molecule has 0 aliphatic rings. The lowest BCUT2D eigenvalue weighted by atomic mass is 10.1. The Hall–Kier alpha value is -2.19. The van der Waals surface area contributed by atoms with E-state index < -0.39 is 0 Å². The highest BCUT2D eigenvalue weighted by atomic mass is 32.1. The monoisotopic (exact) mass is 363 g/mol. The van der Waals surface area contributed by atoms with Gasteiger partial charge in [0.15, 0.2) is 5.13 Å². The van der Waals surface area contributed by atoms with Gasteiger partial charge in [-0.05, 0) is 39.6 Å². The molecule has 0 saturated heterocycles. The smallest absolute Gasteiger partial charge is 0.263 e. The van der Waals surface area contributed by atoms with Crippen LogP contribution in [0.3, 0.4) is 0 Å². The average Bonchev–Trinajstić information content (AvgIpc) is 2.92. The molecule has 0 radical (unpaired) electrons. The lowest BCUT2D eigenvalue weighted by Crippen LogP contribution is -2.37. The summed E-state index contributed by atoms with van der Waals surface area (Å²) in [4.78, 5) is 31.4. The highest BCUT2D eigenvalue weighted by Gasteiger charge is 2.18. The van der Waals surface area contributed by atoms with E-state index in [1.54, 1.807) is 17.7 Å². The molecule has 0 saturated carbocycles. The summed E-state index contributed by atoms with van der Waals surface area (Å²) in [5.74, 6) is -0.350. The first kappa shape index (κ1) is 19.1. The number of amides is 1. The SMILES string of the molecule is Cc1ccn(C(C)CN(C)C)c(=O)c1C(=O)NCCc1csc(N)n1. The van der Waals surface area contributed by atoms with Gasteiger partial charge >= 0.3 is 0 Å². The molecule has 7 nitrogen and oxygen atoms in total. The van der Waals surface area contributed by atoms with E-state index >= 15 is 0 Å². The number of pyridine rings is 1. The van der Waals surface area contributed by atoms with Crippen molar-refractivity contribution in [2.24, 2.45) is 0 Å². The molecule has 0 spiro atoms. The summed E-state index contributed by atoms with van der Waals surface area (Å²) < 4.78 is 1.61. The van der Waals surface area contributed by atoms with Crippen LogP contribution in [0.2, 0.25) is 0 Å². The van der Waals surface area contributed by atoms with Crippen molar-refractivity contribution in [3.63, 3.8) is 0 Å². The van der Waals surface area contributed by atoms with Gasteiger partial charge in [0.2, 0.25) is 0 Å². The van der Waals surface area contributed by atoms with Crippen molar-refractivity contribution in [1.82, 2.24) is 19.8 Å². The number of nitrogens with one attached hydrogen (secondary N) is 1. The third kappa shape index (κ3) is 4.90. The summed E-state index contributed by atoms with van der Waals surface area (Å²) in [6, 6.07) is 1.79. The number of nitrogens with two attached hydrogens (primary N) is 1. The van der Waals surface area contributed by atoms with Gasteiger partial charge in [0.1, 0.15) is 5.56 Å². The number of nitrogens with zero attached hydrogens (tertiary/aromatic N) is 3. The van der Waals surface area contributed by atoms with E-state index in [0.717, 1.165) is 12.2 Å². The zero-order valence-corrected chi connectivity index (χ0v) is 15.9. The number of aryl methyl sites for hydroxylation is 1. The Kier molecular flexibility index (Phi) is 6.33. The Morgan fingerprint density at radius 3 is 2.80 bits per heavy atom. The minimum atomic E-state index is -0.350. The molecular weight excluding hydrogens is 338 g/mol. The molecule has 0 bridgehead atoms. The van der Waals surface area contributed by atoms with Gasteiger partial charge in [0.05, 0.1) is 5.69 Å². The van der Waals surface area contributed by atoms with Crippen LogP contribution < -0.4 is 16.6 Å². The van der Waals surface area contributed by atoms with Gasteiger partial charge in [-0.1, -0.05) is 0 Å². The average molecular weight is 363 g/mol. The van der Waals surface area contributed by atoms with E-state index in [1.807, 2.05) is 37.4 Å². The quantitative estimate of drug-likeness (QED) is 0.773. The Morgan fingerprint density at radius 1 is 1.48 bits per heavy atom. The van der Waals surface area contributed by atoms with Gasteiger partial charge in [-0.15, -0.1) is 11.3 Å². The number of rotatable bonds is 7. The topological polar surface area (TPSA) is 93.2 Å². The maximum absolute atomic E-state index is 12.7. The number of hydrogen-bond acceptors (Lipinski definition) is 6. The molecule has 2 rings (SSSR count). The van der Waals surface area contributed by atoms with E-state index in [2.05, 4.69) is 10.3 Å². The lowest BCUT2D eigenvalue weighted by molar-refractivity contribution is 0.0951. The number of nitrogen functional groups attached to an aromatic ring is 1. The Balaban J connectivity index is 2.11. The number of likely N-dealkylation sites (N-methyl/N-ethyl adjacent to an activating group) is 1.